The largest absolute Gasteiger partial charge is 0.373 e. The van der Waals surface area contributed by atoms with Crippen LogP contribution < -0.4 is 5.73 Å². The lowest BCUT2D eigenvalue weighted by Gasteiger charge is -2.38. The Hall–Kier alpha value is -0.650. The van der Waals surface area contributed by atoms with Gasteiger partial charge in [0.2, 0.25) is 5.91 Å². The maximum atomic E-state index is 12.8. The molecule has 5 atom stereocenters. The van der Waals surface area contributed by atoms with Gasteiger partial charge in [-0.2, -0.15) is 0 Å². The minimum Gasteiger partial charge on any atom is -0.373 e. The van der Waals surface area contributed by atoms with E-state index in [2.05, 4.69) is 23.6 Å². The Balaban J connectivity index is 1.57. The van der Waals surface area contributed by atoms with Crippen LogP contribution in [0.2, 0.25) is 0 Å². The molecule has 1 aliphatic carbocycles. The molecule has 3 rings (SSSR count). The lowest BCUT2D eigenvalue weighted by atomic mass is 10.1. The highest BCUT2D eigenvalue weighted by atomic mass is 16.5. The van der Waals surface area contributed by atoms with Gasteiger partial charge in [-0.25, -0.2) is 0 Å². The predicted octanol–water partition coefficient (Wildman–Crippen LogP) is 1.21. The molecule has 0 aromatic rings. The van der Waals surface area contributed by atoms with Crippen LogP contribution in [0.25, 0.3) is 0 Å². The Morgan fingerprint density at radius 3 is 2.55 bits per heavy atom. The molecule has 0 radical (unpaired) electrons. The van der Waals surface area contributed by atoms with Crippen molar-refractivity contribution in [2.24, 2.45) is 11.7 Å². The minimum absolute atomic E-state index is 0.179. The maximum Gasteiger partial charge on any atom is 0.226 e. The number of nitrogens with zero attached hydrogens (tertiary/aromatic N) is 2. The molecule has 2 saturated heterocycles. The summed E-state index contributed by atoms with van der Waals surface area (Å²) >= 11 is 0. The molecule has 3 fully saturated rings. The molecule has 1 saturated carbocycles. The van der Waals surface area contributed by atoms with E-state index in [1.165, 1.54) is 0 Å². The number of carbonyl (C=O) groups is 1. The van der Waals surface area contributed by atoms with E-state index < -0.39 is 0 Å². The highest BCUT2D eigenvalue weighted by Gasteiger charge is 2.37. The van der Waals surface area contributed by atoms with Crippen molar-refractivity contribution in [3.8, 4) is 0 Å². The molecule has 0 bridgehead atoms. The van der Waals surface area contributed by atoms with Crippen LogP contribution in [0.1, 0.15) is 46.0 Å². The van der Waals surface area contributed by atoms with Gasteiger partial charge in [0.1, 0.15) is 0 Å². The molecular formula is C17H31N3O2. The Bertz CT molecular complexity index is 393. The minimum atomic E-state index is 0.179. The molecule has 2 aliphatic heterocycles. The van der Waals surface area contributed by atoms with Crippen molar-refractivity contribution >= 4 is 5.91 Å². The Labute approximate surface area is 134 Å². The van der Waals surface area contributed by atoms with Crippen molar-refractivity contribution in [1.82, 2.24) is 9.80 Å². The molecular weight excluding hydrogens is 278 g/mol. The van der Waals surface area contributed by atoms with Crippen molar-refractivity contribution < 1.29 is 9.53 Å². The van der Waals surface area contributed by atoms with Gasteiger partial charge in [0, 0.05) is 44.2 Å². The Morgan fingerprint density at radius 1 is 1.18 bits per heavy atom. The molecule has 5 heteroatoms. The first-order valence-electron chi connectivity index (χ1n) is 8.96. The van der Waals surface area contributed by atoms with Crippen molar-refractivity contribution in [3.05, 3.63) is 0 Å². The Morgan fingerprint density at radius 2 is 1.91 bits per heavy atom. The molecule has 1 amide bonds. The average molecular weight is 309 g/mol. The number of carbonyl (C=O) groups excluding carboxylic acids is 1. The summed E-state index contributed by atoms with van der Waals surface area (Å²) in [4.78, 5) is 17.4. The third-order valence-corrected chi connectivity index (χ3v) is 5.45. The van der Waals surface area contributed by atoms with Crippen LogP contribution in [0.15, 0.2) is 0 Å². The summed E-state index contributed by atoms with van der Waals surface area (Å²) in [6.07, 6.45) is 5.75. The van der Waals surface area contributed by atoms with Gasteiger partial charge in [-0.3, -0.25) is 9.69 Å². The van der Waals surface area contributed by atoms with Gasteiger partial charge >= 0.3 is 0 Å². The molecule has 22 heavy (non-hydrogen) atoms. The van der Waals surface area contributed by atoms with Crippen LogP contribution in [0, 0.1) is 5.92 Å². The fourth-order valence-corrected chi connectivity index (χ4v) is 4.52. The molecule has 0 aromatic heterocycles. The fourth-order valence-electron chi connectivity index (χ4n) is 4.52. The first kappa shape index (κ1) is 16.2. The monoisotopic (exact) mass is 309 g/mol. The zero-order chi connectivity index (χ0) is 15.7. The second-order valence-electron chi connectivity index (χ2n) is 7.57. The molecule has 0 unspecified atom stereocenters. The summed E-state index contributed by atoms with van der Waals surface area (Å²) < 4.78 is 5.81. The summed E-state index contributed by atoms with van der Waals surface area (Å²) in [5.41, 5.74) is 5.98. The number of nitrogens with two attached hydrogens (primary N) is 1. The smallest absolute Gasteiger partial charge is 0.226 e. The quantitative estimate of drug-likeness (QED) is 0.851. The summed E-state index contributed by atoms with van der Waals surface area (Å²) in [6, 6.07) is 0.623. The predicted molar refractivity (Wildman–Crippen MR) is 86.5 cm³/mol. The third kappa shape index (κ3) is 3.63. The molecule has 0 aromatic carbocycles. The highest BCUT2D eigenvalue weighted by molar-refractivity contribution is 5.79. The molecule has 5 nitrogen and oxygen atoms in total. The van der Waals surface area contributed by atoms with Gasteiger partial charge in [-0.1, -0.05) is 0 Å². The van der Waals surface area contributed by atoms with Crippen molar-refractivity contribution in [2.75, 3.05) is 26.2 Å². The normalized spacial score (nSPS) is 40.3. The van der Waals surface area contributed by atoms with E-state index in [1.807, 2.05) is 0 Å². The second-order valence-corrected chi connectivity index (χ2v) is 7.57. The summed E-state index contributed by atoms with van der Waals surface area (Å²) in [5.74, 6) is 0.544. The van der Waals surface area contributed by atoms with Gasteiger partial charge in [0.25, 0.3) is 0 Å². The third-order valence-electron chi connectivity index (χ3n) is 5.45. The summed E-state index contributed by atoms with van der Waals surface area (Å²) in [5, 5.41) is 0. The fraction of sp³-hybridized carbons (Fsp3) is 0.941. The van der Waals surface area contributed by atoms with E-state index >= 15 is 0 Å². The number of likely N-dealkylation sites (tertiary alicyclic amines) is 1. The zero-order valence-electron chi connectivity index (χ0n) is 14.0. The second kappa shape index (κ2) is 6.85. The molecule has 3 aliphatic rings. The lowest BCUT2D eigenvalue weighted by molar-refractivity contribution is -0.137. The van der Waals surface area contributed by atoms with Gasteiger partial charge in [-0.05, 0) is 46.0 Å². The number of hydrogen-bond donors (Lipinski definition) is 1. The zero-order valence-corrected chi connectivity index (χ0v) is 14.0. The maximum absolute atomic E-state index is 12.8. The Kier molecular flexibility index (Phi) is 5.05. The van der Waals surface area contributed by atoms with Crippen LogP contribution in [0.5, 0.6) is 0 Å². The molecule has 2 heterocycles. The topological polar surface area (TPSA) is 58.8 Å². The van der Waals surface area contributed by atoms with E-state index in [1.54, 1.807) is 0 Å². The lowest BCUT2D eigenvalue weighted by Crippen LogP contribution is -2.51. The van der Waals surface area contributed by atoms with Gasteiger partial charge in [0.05, 0.1) is 12.2 Å². The van der Waals surface area contributed by atoms with Crippen LogP contribution in [-0.2, 0) is 9.53 Å². The van der Waals surface area contributed by atoms with Crippen molar-refractivity contribution in [2.45, 2.75) is 70.2 Å². The van der Waals surface area contributed by atoms with E-state index in [4.69, 9.17) is 10.5 Å². The van der Waals surface area contributed by atoms with Crippen LogP contribution in [-0.4, -0.2) is 66.2 Å². The number of rotatable bonds is 3. The first-order chi connectivity index (χ1) is 10.5. The van der Waals surface area contributed by atoms with Crippen molar-refractivity contribution in [1.29, 1.82) is 0 Å². The van der Waals surface area contributed by atoms with E-state index in [0.29, 0.717) is 24.2 Å². The standard InChI is InChI=1S/C17H31N3O2/c1-12-9-19(10-13(2)22-12)11-16-4-3-7-20(16)17(21)14-5-6-15(18)8-14/h12-16H,3-11,18H2,1-2H3/t12-,13+,14-,15+,16+/m1/s1. The van der Waals surface area contributed by atoms with Crippen molar-refractivity contribution in [3.63, 3.8) is 0 Å². The van der Waals surface area contributed by atoms with E-state index in [-0.39, 0.29) is 12.0 Å². The number of hydrogen-bond acceptors (Lipinski definition) is 4. The summed E-state index contributed by atoms with van der Waals surface area (Å²) in [7, 11) is 0. The van der Waals surface area contributed by atoms with Crippen LogP contribution in [0.3, 0.4) is 0 Å². The average Bonchev–Trinajstić information content (AvgIpc) is 3.06. The SMILES string of the molecule is C[C@@H]1CN(C[C@@H]2CCCN2C(=O)[C@@H]2CC[C@H](N)C2)C[C@H](C)O1. The first-order valence-corrected chi connectivity index (χ1v) is 8.96. The highest BCUT2D eigenvalue weighted by Crippen LogP contribution is 2.29. The molecule has 0 spiro atoms. The number of ether oxygens (including phenoxy) is 1. The number of amides is 1. The molecule has 126 valence electrons. The van der Waals surface area contributed by atoms with Gasteiger partial charge in [0.15, 0.2) is 0 Å². The summed E-state index contributed by atoms with van der Waals surface area (Å²) in [6.45, 7) is 8.18. The van der Waals surface area contributed by atoms with Gasteiger partial charge in [-0.15, -0.1) is 0 Å². The number of morpholine rings is 1. The van der Waals surface area contributed by atoms with E-state index in [0.717, 1.165) is 58.3 Å². The van der Waals surface area contributed by atoms with Crippen LogP contribution in [0.4, 0.5) is 0 Å². The van der Waals surface area contributed by atoms with Crippen LogP contribution >= 0.6 is 0 Å². The van der Waals surface area contributed by atoms with Gasteiger partial charge < -0.3 is 15.4 Å². The van der Waals surface area contributed by atoms with E-state index in [9.17, 15) is 4.79 Å². The molecule has 2 N–H and O–H groups in total.